The van der Waals surface area contributed by atoms with Gasteiger partial charge in [-0.15, -0.1) is 0 Å². The lowest BCUT2D eigenvalue weighted by molar-refractivity contribution is 0.400. The first-order valence-electron chi connectivity index (χ1n) is 7.49. The van der Waals surface area contributed by atoms with Gasteiger partial charge < -0.3 is 4.74 Å². The molecule has 0 saturated heterocycles. The molecule has 0 bridgehead atoms. The van der Waals surface area contributed by atoms with E-state index in [1.807, 2.05) is 18.2 Å². The molecule has 20 heavy (non-hydrogen) atoms. The van der Waals surface area contributed by atoms with Crippen LogP contribution in [0.4, 0.5) is 0 Å². The van der Waals surface area contributed by atoms with Gasteiger partial charge in [0, 0.05) is 11.1 Å². The Morgan fingerprint density at radius 2 is 2.00 bits per heavy atom. The van der Waals surface area contributed by atoms with Gasteiger partial charge in [0.25, 0.3) is 0 Å². The number of hydrogen-bond acceptors (Lipinski definition) is 3. The van der Waals surface area contributed by atoms with Crippen LogP contribution in [0.1, 0.15) is 51.0 Å². The van der Waals surface area contributed by atoms with Crippen LogP contribution in [0.25, 0.3) is 0 Å². The fourth-order valence-corrected chi connectivity index (χ4v) is 2.61. The zero-order valence-electron chi connectivity index (χ0n) is 12.6. The monoisotopic (exact) mass is 298 g/mol. The number of rotatable bonds is 10. The summed E-state index contributed by atoms with van der Waals surface area (Å²) in [6.45, 7) is 2.23. The minimum absolute atomic E-state index is 0.268. The highest BCUT2D eigenvalue weighted by atomic mass is 35.5. The van der Waals surface area contributed by atoms with Crippen molar-refractivity contribution in [2.75, 3.05) is 7.11 Å². The van der Waals surface area contributed by atoms with Crippen LogP contribution in [0.5, 0.6) is 5.75 Å². The standard InChI is InChI=1S/C16H27ClN2O/c1-3-4-5-6-7-8-15(19-18)12-13-11-14(17)9-10-16(13)20-2/h9-11,15,19H,3-8,12,18H2,1-2H3. The van der Waals surface area contributed by atoms with E-state index >= 15 is 0 Å². The quantitative estimate of drug-likeness (QED) is 0.389. The lowest BCUT2D eigenvalue weighted by Gasteiger charge is -2.17. The van der Waals surface area contributed by atoms with Crippen LogP contribution >= 0.6 is 11.6 Å². The van der Waals surface area contributed by atoms with Crippen LogP contribution in [0, 0.1) is 0 Å². The maximum atomic E-state index is 6.05. The molecule has 1 aromatic carbocycles. The van der Waals surface area contributed by atoms with E-state index in [4.69, 9.17) is 22.2 Å². The first-order valence-corrected chi connectivity index (χ1v) is 7.87. The van der Waals surface area contributed by atoms with E-state index in [9.17, 15) is 0 Å². The van der Waals surface area contributed by atoms with Crippen LogP contribution in [0.3, 0.4) is 0 Å². The van der Waals surface area contributed by atoms with Gasteiger partial charge in [-0.25, -0.2) is 0 Å². The number of halogens is 1. The molecule has 0 saturated carbocycles. The summed E-state index contributed by atoms with van der Waals surface area (Å²) in [5.74, 6) is 6.54. The van der Waals surface area contributed by atoms with Gasteiger partial charge in [0.2, 0.25) is 0 Å². The SMILES string of the molecule is CCCCCCCC(Cc1cc(Cl)ccc1OC)NN. The van der Waals surface area contributed by atoms with Crippen LogP contribution in [0.2, 0.25) is 5.02 Å². The van der Waals surface area contributed by atoms with E-state index in [-0.39, 0.29) is 6.04 Å². The van der Waals surface area contributed by atoms with Crippen molar-refractivity contribution in [3.63, 3.8) is 0 Å². The molecule has 3 N–H and O–H groups in total. The van der Waals surface area contributed by atoms with Crippen molar-refractivity contribution in [1.82, 2.24) is 5.43 Å². The highest BCUT2D eigenvalue weighted by molar-refractivity contribution is 6.30. The highest BCUT2D eigenvalue weighted by Crippen LogP contribution is 2.24. The van der Waals surface area contributed by atoms with Crippen LogP contribution in [-0.4, -0.2) is 13.2 Å². The summed E-state index contributed by atoms with van der Waals surface area (Å²) in [6, 6.07) is 5.98. The van der Waals surface area contributed by atoms with Gasteiger partial charge in [-0.2, -0.15) is 0 Å². The lowest BCUT2D eigenvalue weighted by atomic mass is 9.99. The van der Waals surface area contributed by atoms with E-state index in [1.54, 1.807) is 7.11 Å². The molecule has 0 aliphatic carbocycles. The Labute approximate surface area is 127 Å². The number of benzene rings is 1. The fraction of sp³-hybridized carbons (Fsp3) is 0.625. The molecule has 1 aromatic rings. The molecular weight excluding hydrogens is 272 g/mol. The largest absolute Gasteiger partial charge is 0.496 e. The van der Waals surface area contributed by atoms with Gasteiger partial charge in [0.05, 0.1) is 7.11 Å². The van der Waals surface area contributed by atoms with Gasteiger partial charge >= 0.3 is 0 Å². The van der Waals surface area contributed by atoms with Crippen LogP contribution in [0.15, 0.2) is 18.2 Å². The molecule has 0 radical (unpaired) electrons. The number of hydrazine groups is 1. The molecule has 0 amide bonds. The molecule has 0 aliphatic heterocycles. The molecular formula is C16H27ClN2O. The molecule has 4 heteroatoms. The first kappa shape index (κ1) is 17.3. The minimum atomic E-state index is 0.268. The molecule has 3 nitrogen and oxygen atoms in total. The second-order valence-corrected chi connectivity index (χ2v) is 5.66. The topological polar surface area (TPSA) is 47.3 Å². The summed E-state index contributed by atoms with van der Waals surface area (Å²) < 4.78 is 5.38. The molecule has 114 valence electrons. The van der Waals surface area contributed by atoms with Gasteiger partial charge in [-0.05, 0) is 36.6 Å². The summed E-state index contributed by atoms with van der Waals surface area (Å²) in [6.07, 6.45) is 8.32. The Kier molecular flexibility index (Phi) is 8.67. The molecule has 1 atom stereocenters. The molecule has 0 aliphatic rings. The Morgan fingerprint density at radius 1 is 1.25 bits per heavy atom. The molecule has 0 aromatic heterocycles. The smallest absolute Gasteiger partial charge is 0.122 e. The maximum Gasteiger partial charge on any atom is 0.122 e. The second-order valence-electron chi connectivity index (χ2n) is 5.23. The molecule has 0 spiro atoms. The zero-order valence-corrected chi connectivity index (χ0v) is 13.4. The third-order valence-electron chi connectivity index (χ3n) is 3.60. The van der Waals surface area contributed by atoms with E-state index in [0.29, 0.717) is 0 Å². The van der Waals surface area contributed by atoms with Gasteiger partial charge in [-0.3, -0.25) is 11.3 Å². The summed E-state index contributed by atoms with van der Waals surface area (Å²) in [7, 11) is 1.68. The van der Waals surface area contributed by atoms with Crippen molar-refractivity contribution in [3.05, 3.63) is 28.8 Å². The zero-order chi connectivity index (χ0) is 14.8. The molecule has 0 heterocycles. The van der Waals surface area contributed by atoms with Crippen molar-refractivity contribution in [3.8, 4) is 5.75 Å². The van der Waals surface area contributed by atoms with Gasteiger partial charge in [-0.1, -0.05) is 50.6 Å². The first-order chi connectivity index (χ1) is 9.71. The third kappa shape index (κ3) is 6.12. The Balaban J connectivity index is 2.48. The van der Waals surface area contributed by atoms with Crippen molar-refractivity contribution in [2.24, 2.45) is 5.84 Å². The summed E-state index contributed by atoms with van der Waals surface area (Å²) in [4.78, 5) is 0. The van der Waals surface area contributed by atoms with E-state index in [1.165, 1.54) is 32.1 Å². The number of ether oxygens (including phenoxy) is 1. The van der Waals surface area contributed by atoms with Crippen molar-refractivity contribution >= 4 is 11.6 Å². The van der Waals surface area contributed by atoms with Crippen molar-refractivity contribution in [1.29, 1.82) is 0 Å². The highest BCUT2D eigenvalue weighted by Gasteiger charge is 2.11. The average molecular weight is 299 g/mol. The number of methoxy groups -OCH3 is 1. The van der Waals surface area contributed by atoms with Crippen molar-refractivity contribution in [2.45, 2.75) is 57.9 Å². The number of hydrogen-bond donors (Lipinski definition) is 2. The Morgan fingerprint density at radius 3 is 2.65 bits per heavy atom. The fourth-order valence-electron chi connectivity index (χ4n) is 2.41. The predicted octanol–water partition coefficient (Wildman–Crippen LogP) is 4.08. The Hall–Kier alpha value is -0.770. The van der Waals surface area contributed by atoms with E-state index < -0.39 is 0 Å². The number of nitrogens with two attached hydrogens (primary N) is 1. The minimum Gasteiger partial charge on any atom is -0.496 e. The van der Waals surface area contributed by atoms with Crippen LogP contribution in [-0.2, 0) is 6.42 Å². The van der Waals surface area contributed by atoms with Gasteiger partial charge in [0.15, 0.2) is 0 Å². The van der Waals surface area contributed by atoms with Crippen molar-refractivity contribution < 1.29 is 4.74 Å². The summed E-state index contributed by atoms with van der Waals surface area (Å²) in [5, 5.41) is 0.736. The van der Waals surface area contributed by atoms with E-state index in [2.05, 4.69) is 12.3 Å². The molecule has 1 unspecified atom stereocenters. The number of nitrogens with one attached hydrogen (secondary N) is 1. The summed E-state index contributed by atoms with van der Waals surface area (Å²) >= 11 is 6.05. The second kappa shape index (κ2) is 10.0. The average Bonchev–Trinajstić information content (AvgIpc) is 2.46. The Bertz CT molecular complexity index is 385. The van der Waals surface area contributed by atoms with Gasteiger partial charge in [0.1, 0.15) is 5.75 Å². The maximum absolute atomic E-state index is 6.05. The van der Waals surface area contributed by atoms with Crippen LogP contribution < -0.4 is 16.0 Å². The predicted molar refractivity (Wildman–Crippen MR) is 86.2 cm³/mol. The third-order valence-corrected chi connectivity index (χ3v) is 3.84. The summed E-state index contributed by atoms with van der Waals surface area (Å²) in [5.41, 5.74) is 4.02. The lowest BCUT2D eigenvalue weighted by Crippen LogP contribution is -2.36. The normalized spacial score (nSPS) is 12.4. The van der Waals surface area contributed by atoms with E-state index in [0.717, 1.165) is 29.2 Å². The number of unbranched alkanes of at least 4 members (excludes halogenated alkanes) is 4. The molecule has 0 fully saturated rings. The molecule has 1 rings (SSSR count).